The lowest BCUT2D eigenvalue weighted by atomic mass is 9.79. The fourth-order valence-corrected chi connectivity index (χ4v) is 4.60. The molecule has 1 N–H and O–H groups in total. The normalized spacial score (nSPS) is 16.8. The zero-order chi connectivity index (χ0) is 19.4. The zero-order valence-corrected chi connectivity index (χ0v) is 17.5. The second-order valence-corrected chi connectivity index (χ2v) is 8.95. The van der Waals surface area contributed by atoms with Gasteiger partial charge in [0.25, 0.3) is 5.91 Å². The molecule has 0 unspecified atom stereocenters. The molecule has 1 saturated heterocycles. The van der Waals surface area contributed by atoms with Crippen molar-refractivity contribution in [1.82, 2.24) is 10.2 Å². The van der Waals surface area contributed by atoms with Gasteiger partial charge in [0.1, 0.15) is 5.75 Å². The van der Waals surface area contributed by atoms with Crippen LogP contribution >= 0.6 is 11.3 Å². The van der Waals surface area contributed by atoms with Crippen LogP contribution in [0.15, 0.2) is 23.6 Å². The van der Waals surface area contributed by atoms with Gasteiger partial charge in [-0.25, -0.2) is 0 Å². The van der Waals surface area contributed by atoms with Crippen LogP contribution in [0.4, 0.5) is 0 Å². The highest BCUT2D eigenvalue weighted by Crippen LogP contribution is 2.33. The van der Waals surface area contributed by atoms with Gasteiger partial charge in [-0.15, -0.1) is 11.3 Å². The SMILES string of the molecule is CC(C)Oc1cc(C(=O)NCC2(CN(C)C)CCOCC2)cc2sccc12. The van der Waals surface area contributed by atoms with Crippen LogP contribution < -0.4 is 10.1 Å². The Morgan fingerprint density at radius 3 is 2.74 bits per heavy atom. The third kappa shape index (κ3) is 5.00. The first-order chi connectivity index (χ1) is 12.9. The molecule has 2 heterocycles. The van der Waals surface area contributed by atoms with Gasteiger partial charge in [0.15, 0.2) is 0 Å². The summed E-state index contributed by atoms with van der Waals surface area (Å²) in [6, 6.07) is 5.88. The third-order valence-electron chi connectivity index (χ3n) is 4.99. The molecule has 2 aromatic rings. The van der Waals surface area contributed by atoms with Crippen molar-refractivity contribution in [2.75, 3.05) is 40.4 Å². The number of nitrogens with one attached hydrogen (secondary N) is 1. The quantitative estimate of drug-likeness (QED) is 0.782. The van der Waals surface area contributed by atoms with Gasteiger partial charge in [0.2, 0.25) is 0 Å². The minimum absolute atomic E-state index is 0.0384. The van der Waals surface area contributed by atoms with Gasteiger partial charge in [0.05, 0.1) is 6.10 Å². The van der Waals surface area contributed by atoms with E-state index in [1.54, 1.807) is 11.3 Å². The van der Waals surface area contributed by atoms with Gasteiger partial charge in [-0.3, -0.25) is 4.79 Å². The predicted molar refractivity (Wildman–Crippen MR) is 111 cm³/mol. The zero-order valence-electron chi connectivity index (χ0n) is 16.7. The van der Waals surface area contributed by atoms with E-state index in [0.717, 1.165) is 48.4 Å². The summed E-state index contributed by atoms with van der Waals surface area (Å²) in [7, 11) is 4.17. The van der Waals surface area contributed by atoms with Crippen LogP contribution in [0.1, 0.15) is 37.0 Å². The number of carbonyl (C=O) groups excluding carboxylic acids is 1. The lowest BCUT2D eigenvalue weighted by molar-refractivity contribution is 0.00285. The van der Waals surface area contributed by atoms with Gasteiger partial charge in [-0.1, -0.05) is 0 Å². The van der Waals surface area contributed by atoms with E-state index in [9.17, 15) is 4.79 Å². The third-order valence-corrected chi connectivity index (χ3v) is 5.85. The number of hydrogen-bond acceptors (Lipinski definition) is 5. The number of nitrogens with zero attached hydrogens (tertiary/aromatic N) is 1. The van der Waals surface area contributed by atoms with Crippen molar-refractivity contribution in [2.45, 2.75) is 32.8 Å². The Hall–Kier alpha value is -1.63. The van der Waals surface area contributed by atoms with Crippen molar-refractivity contribution in [3.63, 3.8) is 0 Å². The molecule has 0 bridgehead atoms. The highest BCUT2D eigenvalue weighted by molar-refractivity contribution is 7.17. The molecule has 5 nitrogen and oxygen atoms in total. The number of rotatable bonds is 7. The van der Waals surface area contributed by atoms with E-state index in [4.69, 9.17) is 9.47 Å². The highest BCUT2D eigenvalue weighted by atomic mass is 32.1. The Balaban J connectivity index is 1.77. The average molecular weight is 391 g/mol. The number of carbonyl (C=O) groups is 1. The second kappa shape index (κ2) is 8.59. The van der Waals surface area contributed by atoms with Gasteiger partial charge in [-0.05, 0) is 64.4 Å². The Bertz CT molecular complexity index is 779. The molecule has 148 valence electrons. The first-order valence-corrected chi connectivity index (χ1v) is 10.5. The monoisotopic (exact) mass is 390 g/mol. The van der Waals surface area contributed by atoms with Crippen LogP contribution in [0.5, 0.6) is 5.75 Å². The van der Waals surface area contributed by atoms with E-state index in [-0.39, 0.29) is 17.4 Å². The molecule has 3 rings (SSSR count). The van der Waals surface area contributed by atoms with Gasteiger partial charge >= 0.3 is 0 Å². The summed E-state index contributed by atoms with van der Waals surface area (Å²) in [5.41, 5.74) is 0.731. The topological polar surface area (TPSA) is 50.8 Å². The van der Waals surface area contributed by atoms with E-state index < -0.39 is 0 Å². The minimum atomic E-state index is -0.0384. The molecule has 0 radical (unpaired) electrons. The number of fused-ring (bicyclic) bond motifs is 1. The van der Waals surface area contributed by atoms with E-state index in [1.807, 2.05) is 37.4 Å². The Morgan fingerprint density at radius 1 is 1.33 bits per heavy atom. The van der Waals surface area contributed by atoms with Crippen LogP contribution in [0.25, 0.3) is 10.1 Å². The van der Waals surface area contributed by atoms with Crippen molar-refractivity contribution in [1.29, 1.82) is 0 Å². The smallest absolute Gasteiger partial charge is 0.251 e. The summed E-state index contributed by atoms with van der Waals surface area (Å²) in [6.07, 6.45) is 2.01. The molecule has 1 aliphatic heterocycles. The molecule has 1 fully saturated rings. The Kier molecular flexibility index (Phi) is 6.40. The van der Waals surface area contributed by atoms with Gasteiger partial charge in [0, 0.05) is 47.4 Å². The number of benzene rings is 1. The van der Waals surface area contributed by atoms with Crippen LogP contribution in [0.2, 0.25) is 0 Å². The van der Waals surface area contributed by atoms with Crippen molar-refractivity contribution in [3.8, 4) is 5.75 Å². The number of amides is 1. The lowest BCUT2D eigenvalue weighted by Crippen LogP contribution is -2.47. The maximum Gasteiger partial charge on any atom is 0.251 e. The largest absolute Gasteiger partial charge is 0.490 e. The molecule has 1 aliphatic rings. The van der Waals surface area contributed by atoms with Crippen LogP contribution in [0, 0.1) is 5.41 Å². The molecule has 0 spiro atoms. The lowest BCUT2D eigenvalue weighted by Gasteiger charge is -2.39. The average Bonchev–Trinajstić information content (AvgIpc) is 3.08. The summed E-state index contributed by atoms with van der Waals surface area (Å²) in [5.74, 6) is 0.742. The van der Waals surface area contributed by atoms with Crippen molar-refractivity contribution < 1.29 is 14.3 Å². The van der Waals surface area contributed by atoms with Gasteiger partial charge in [-0.2, -0.15) is 0 Å². The number of thiophene rings is 1. The molecular weight excluding hydrogens is 360 g/mol. The second-order valence-electron chi connectivity index (χ2n) is 8.01. The molecule has 27 heavy (non-hydrogen) atoms. The molecule has 1 aromatic carbocycles. The maximum absolute atomic E-state index is 12.9. The van der Waals surface area contributed by atoms with Crippen molar-refractivity contribution in [3.05, 3.63) is 29.1 Å². The summed E-state index contributed by atoms with van der Waals surface area (Å²) in [4.78, 5) is 15.1. The number of hydrogen-bond donors (Lipinski definition) is 1. The first-order valence-electron chi connectivity index (χ1n) is 9.57. The summed E-state index contributed by atoms with van der Waals surface area (Å²) in [6.45, 7) is 7.13. The van der Waals surface area contributed by atoms with Gasteiger partial charge < -0.3 is 19.7 Å². The maximum atomic E-state index is 12.9. The van der Waals surface area contributed by atoms with Crippen molar-refractivity contribution in [2.24, 2.45) is 5.41 Å². The van der Waals surface area contributed by atoms with E-state index in [2.05, 4.69) is 24.3 Å². The number of ether oxygens (including phenoxy) is 2. The standard InChI is InChI=1S/C21H30N2O3S/c1-15(2)26-18-11-16(12-19-17(18)5-10-27-19)20(24)22-13-21(14-23(3)4)6-8-25-9-7-21/h5,10-12,15H,6-9,13-14H2,1-4H3,(H,22,24). The predicted octanol–water partition coefficient (Wildman–Crippen LogP) is 3.78. The van der Waals surface area contributed by atoms with E-state index in [0.29, 0.717) is 12.1 Å². The summed E-state index contributed by atoms with van der Waals surface area (Å²) >= 11 is 1.63. The summed E-state index contributed by atoms with van der Waals surface area (Å²) < 4.78 is 12.6. The summed E-state index contributed by atoms with van der Waals surface area (Å²) in [5, 5.41) is 6.28. The molecule has 0 saturated carbocycles. The minimum Gasteiger partial charge on any atom is -0.490 e. The van der Waals surface area contributed by atoms with E-state index >= 15 is 0 Å². The van der Waals surface area contributed by atoms with Crippen LogP contribution in [-0.2, 0) is 4.74 Å². The Morgan fingerprint density at radius 2 is 2.07 bits per heavy atom. The fraction of sp³-hybridized carbons (Fsp3) is 0.571. The first kappa shape index (κ1) is 20.1. The molecule has 1 aromatic heterocycles. The fourth-order valence-electron chi connectivity index (χ4n) is 3.76. The molecule has 0 aliphatic carbocycles. The van der Waals surface area contributed by atoms with Crippen LogP contribution in [0.3, 0.4) is 0 Å². The molecular formula is C21H30N2O3S. The molecule has 6 heteroatoms. The highest BCUT2D eigenvalue weighted by Gasteiger charge is 2.33. The van der Waals surface area contributed by atoms with Crippen LogP contribution in [-0.4, -0.2) is 57.3 Å². The van der Waals surface area contributed by atoms with Crippen molar-refractivity contribution >= 4 is 27.3 Å². The van der Waals surface area contributed by atoms with E-state index in [1.165, 1.54) is 0 Å². The molecule has 1 amide bonds. The molecule has 0 atom stereocenters. The Labute approximate surface area is 165 Å².